The zero-order valence-corrected chi connectivity index (χ0v) is 25.9. The Morgan fingerprint density at radius 3 is 1.54 bits per heavy atom. The van der Waals surface area contributed by atoms with Crippen LogP contribution < -0.4 is 0 Å². The van der Waals surface area contributed by atoms with Crippen LogP contribution in [0.25, 0.3) is 98.7 Å². The zero-order chi connectivity index (χ0) is 31.6. The molecule has 3 nitrogen and oxygen atoms in total. The molecule has 3 heteroatoms. The average Bonchev–Trinajstić information content (AvgIpc) is 3.16. The van der Waals surface area contributed by atoms with Gasteiger partial charge in [-0.25, -0.2) is 9.97 Å². The molecule has 0 spiro atoms. The predicted molar refractivity (Wildman–Crippen MR) is 201 cm³/mol. The summed E-state index contributed by atoms with van der Waals surface area (Å²) in [5.41, 5.74) is 9.42. The molecule has 222 valence electrons. The van der Waals surface area contributed by atoms with E-state index < -0.39 is 0 Å². The number of nitrogens with zero attached hydrogens (tertiary/aromatic N) is 3. The minimum atomic E-state index is 0.729. The van der Waals surface area contributed by atoms with Crippen LogP contribution in [0.5, 0.6) is 0 Å². The third-order valence-electron chi connectivity index (χ3n) is 9.67. The molecular weight excluding hydrogens is 583 g/mol. The lowest BCUT2D eigenvalue weighted by Crippen LogP contribution is -1.94. The van der Waals surface area contributed by atoms with E-state index in [-0.39, 0.29) is 0 Å². The number of pyridine rings is 3. The monoisotopic (exact) mass is 609 g/mol. The molecule has 3 heterocycles. The maximum absolute atomic E-state index is 5.24. The molecule has 0 saturated heterocycles. The van der Waals surface area contributed by atoms with E-state index in [1.807, 2.05) is 12.3 Å². The normalized spacial score (nSPS) is 11.8. The Kier molecular flexibility index (Phi) is 5.87. The Morgan fingerprint density at radius 1 is 0.333 bits per heavy atom. The number of rotatable bonds is 3. The van der Waals surface area contributed by atoms with Crippen LogP contribution in [0.2, 0.25) is 0 Å². The molecule has 0 fully saturated rings. The predicted octanol–water partition coefficient (Wildman–Crippen LogP) is 11.8. The van der Waals surface area contributed by atoms with E-state index in [1.54, 1.807) is 0 Å². The number of hydrogen-bond acceptors (Lipinski definition) is 3. The minimum Gasteiger partial charge on any atom is -0.254 e. The molecule has 0 aliphatic carbocycles. The van der Waals surface area contributed by atoms with Crippen LogP contribution in [0.3, 0.4) is 0 Å². The van der Waals surface area contributed by atoms with Crippen molar-refractivity contribution in [1.29, 1.82) is 0 Å². The molecule has 0 aliphatic rings. The van der Waals surface area contributed by atoms with E-state index in [2.05, 4.69) is 157 Å². The maximum atomic E-state index is 5.24. The van der Waals surface area contributed by atoms with Gasteiger partial charge >= 0.3 is 0 Å². The number of hydrogen-bond donors (Lipinski definition) is 0. The highest BCUT2D eigenvalue weighted by molar-refractivity contribution is 6.21. The molecule has 7 aromatic carbocycles. The average molecular weight is 610 g/mol. The van der Waals surface area contributed by atoms with Crippen molar-refractivity contribution in [2.24, 2.45) is 0 Å². The lowest BCUT2D eigenvalue weighted by molar-refractivity contribution is 1.33. The van der Waals surface area contributed by atoms with Crippen molar-refractivity contribution >= 4 is 65.2 Å². The van der Waals surface area contributed by atoms with Gasteiger partial charge in [0.05, 0.1) is 16.7 Å². The summed E-state index contributed by atoms with van der Waals surface area (Å²) < 4.78 is 0. The Labute approximate surface area is 276 Å². The van der Waals surface area contributed by atoms with E-state index in [1.165, 1.54) is 43.8 Å². The number of aromatic nitrogens is 3. The van der Waals surface area contributed by atoms with Crippen LogP contribution in [0, 0.1) is 0 Å². The summed E-state index contributed by atoms with van der Waals surface area (Å²) >= 11 is 0. The van der Waals surface area contributed by atoms with Gasteiger partial charge in [-0.1, -0.05) is 146 Å². The van der Waals surface area contributed by atoms with Gasteiger partial charge < -0.3 is 0 Å². The molecule has 10 aromatic rings. The molecule has 0 bridgehead atoms. The van der Waals surface area contributed by atoms with Gasteiger partial charge in [-0.2, -0.15) is 0 Å². The van der Waals surface area contributed by atoms with Gasteiger partial charge in [-0.3, -0.25) is 4.98 Å². The maximum Gasteiger partial charge on any atom is 0.161 e. The van der Waals surface area contributed by atoms with Crippen LogP contribution in [0.15, 0.2) is 164 Å². The second-order valence-corrected chi connectivity index (χ2v) is 12.4. The van der Waals surface area contributed by atoms with Crippen molar-refractivity contribution in [2.75, 3.05) is 0 Å². The molecule has 0 atom stereocenters. The van der Waals surface area contributed by atoms with E-state index in [4.69, 9.17) is 9.97 Å². The summed E-state index contributed by atoms with van der Waals surface area (Å²) in [7, 11) is 0. The van der Waals surface area contributed by atoms with E-state index in [0.717, 1.165) is 54.9 Å². The minimum absolute atomic E-state index is 0.729. The van der Waals surface area contributed by atoms with Crippen LogP contribution in [-0.2, 0) is 0 Å². The largest absolute Gasteiger partial charge is 0.254 e. The van der Waals surface area contributed by atoms with Crippen molar-refractivity contribution in [3.63, 3.8) is 0 Å². The quantitative estimate of drug-likeness (QED) is 0.148. The first-order chi connectivity index (χ1) is 23.8. The number of fused-ring (bicyclic) bond motifs is 8. The van der Waals surface area contributed by atoms with Gasteiger partial charge in [0.25, 0.3) is 0 Å². The fraction of sp³-hybridized carbons (Fsp3) is 0. The first kappa shape index (κ1) is 26.7. The molecule has 3 aromatic heterocycles. The van der Waals surface area contributed by atoms with Crippen molar-refractivity contribution in [3.8, 4) is 33.5 Å². The van der Waals surface area contributed by atoms with Crippen molar-refractivity contribution in [3.05, 3.63) is 164 Å². The standard InChI is InChI=1S/C45H27N3/c1-2-11-28(12-3-1)40-34-15-5-7-17-36(34)41(37-18-8-6-16-35(37)40)29-20-22-31(23-21-29)42-38-19-9-4-14-33(38)39-27-32-25-24-30-13-10-26-46-43(30)44(32)48-45(39)47-42/h1-27H. The summed E-state index contributed by atoms with van der Waals surface area (Å²) in [4.78, 5) is 15.0. The first-order valence-corrected chi connectivity index (χ1v) is 16.3. The third kappa shape index (κ3) is 4.04. The third-order valence-corrected chi connectivity index (χ3v) is 9.67. The molecule has 0 N–H and O–H groups in total. The Morgan fingerprint density at radius 2 is 0.875 bits per heavy atom. The van der Waals surface area contributed by atoms with Crippen LogP contribution in [0.1, 0.15) is 0 Å². The molecular formula is C45H27N3. The van der Waals surface area contributed by atoms with Crippen LogP contribution in [-0.4, -0.2) is 15.0 Å². The van der Waals surface area contributed by atoms with Gasteiger partial charge in [0, 0.05) is 33.3 Å². The lowest BCUT2D eigenvalue weighted by atomic mass is 9.86. The summed E-state index contributed by atoms with van der Waals surface area (Å²) in [6, 6.07) is 56.3. The molecule has 0 saturated carbocycles. The molecule has 48 heavy (non-hydrogen) atoms. The fourth-order valence-corrected chi connectivity index (χ4v) is 7.51. The number of benzene rings is 7. The van der Waals surface area contributed by atoms with Gasteiger partial charge in [0.15, 0.2) is 5.65 Å². The van der Waals surface area contributed by atoms with Crippen molar-refractivity contribution in [1.82, 2.24) is 15.0 Å². The van der Waals surface area contributed by atoms with E-state index >= 15 is 0 Å². The summed E-state index contributed by atoms with van der Waals surface area (Å²) in [6.45, 7) is 0. The van der Waals surface area contributed by atoms with Gasteiger partial charge in [-0.05, 0) is 61.3 Å². The SMILES string of the molecule is c1ccc(-c2c3ccccc3c(-c3ccc(-c4nc5nc6c(ccc7cccnc76)cc5c5ccccc45)cc3)c3ccccc23)cc1. The van der Waals surface area contributed by atoms with E-state index in [0.29, 0.717) is 0 Å². The highest BCUT2D eigenvalue weighted by atomic mass is 14.9. The van der Waals surface area contributed by atoms with Gasteiger partial charge in [-0.15, -0.1) is 0 Å². The molecule has 10 rings (SSSR count). The lowest BCUT2D eigenvalue weighted by Gasteiger charge is -2.18. The summed E-state index contributed by atoms with van der Waals surface area (Å²) in [5.74, 6) is 0. The molecule has 0 radical (unpaired) electrons. The molecule has 0 amide bonds. The van der Waals surface area contributed by atoms with Crippen molar-refractivity contribution in [2.45, 2.75) is 0 Å². The van der Waals surface area contributed by atoms with Crippen molar-refractivity contribution < 1.29 is 0 Å². The highest BCUT2D eigenvalue weighted by Gasteiger charge is 2.18. The molecule has 0 unspecified atom stereocenters. The summed E-state index contributed by atoms with van der Waals surface area (Å²) in [6.07, 6.45) is 1.83. The summed E-state index contributed by atoms with van der Waals surface area (Å²) in [5, 5.41) is 10.4. The van der Waals surface area contributed by atoms with Gasteiger partial charge in [0.1, 0.15) is 0 Å². The van der Waals surface area contributed by atoms with Gasteiger partial charge in [0.2, 0.25) is 0 Å². The zero-order valence-electron chi connectivity index (χ0n) is 25.9. The Bertz CT molecular complexity index is 2820. The first-order valence-electron chi connectivity index (χ1n) is 16.3. The van der Waals surface area contributed by atoms with E-state index in [9.17, 15) is 0 Å². The smallest absolute Gasteiger partial charge is 0.161 e. The Hall–Kier alpha value is -6.45. The topological polar surface area (TPSA) is 38.7 Å². The Balaban J connectivity index is 1.19. The second kappa shape index (κ2) is 10.5. The van der Waals surface area contributed by atoms with Crippen LogP contribution in [0.4, 0.5) is 0 Å². The second-order valence-electron chi connectivity index (χ2n) is 12.4. The molecule has 0 aliphatic heterocycles. The fourth-order valence-electron chi connectivity index (χ4n) is 7.51. The van der Waals surface area contributed by atoms with Crippen LogP contribution >= 0.6 is 0 Å². The highest BCUT2D eigenvalue weighted by Crippen LogP contribution is 2.44.